The van der Waals surface area contributed by atoms with Crippen LogP contribution >= 0.6 is 23.2 Å². The lowest BCUT2D eigenvalue weighted by atomic mass is 10.0. The van der Waals surface area contributed by atoms with E-state index in [9.17, 15) is 4.79 Å². The van der Waals surface area contributed by atoms with Crippen molar-refractivity contribution in [2.75, 3.05) is 6.54 Å². The molecule has 2 heterocycles. The predicted octanol–water partition coefficient (Wildman–Crippen LogP) is 5.25. The van der Waals surface area contributed by atoms with Gasteiger partial charge in [0.1, 0.15) is 5.69 Å². The molecule has 1 amide bonds. The van der Waals surface area contributed by atoms with Crippen molar-refractivity contribution in [2.45, 2.75) is 13.0 Å². The highest BCUT2D eigenvalue weighted by molar-refractivity contribution is 6.31. The van der Waals surface area contributed by atoms with Crippen LogP contribution in [0.1, 0.15) is 16.8 Å². The Morgan fingerprint density at radius 1 is 1.11 bits per heavy atom. The SMILES string of the molecule is O=C(/C=C/c1cccc(Cl)c1)N1CCc2c(noc2-c2ccc(Cl)cc2)C1. The van der Waals surface area contributed by atoms with Crippen molar-refractivity contribution in [1.82, 2.24) is 10.1 Å². The van der Waals surface area contributed by atoms with Gasteiger partial charge in [-0.1, -0.05) is 40.5 Å². The monoisotopic (exact) mass is 398 g/mol. The van der Waals surface area contributed by atoms with Crippen molar-refractivity contribution >= 4 is 35.2 Å². The molecule has 0 N–H and O–H groups in total. The molecule has 0 radical (unpaired) electrons. The number of halogens is 2. The molecule has 1 aromatic heterocycles. The van der Waals surface area contributed by atoms with Gasteiger partial charge in [0.15, 0.2) is 5.76 Å². The number of hydrogen-bond donors (Lipinski definition) is 0. The van der Waals surface area contributed by atoms with E-state index in [-0.39, 0.29) is 5.91 Å². The van der Waals surface area contributed by atoms with Gasteiger partial charge < -0.3 is 9.42 Å². The fourth-order valence-corrected chi connectivity index (χ4v) is 3.45. The molecule has 0 saturated heterocycles. The molecule has 0 unspecified atom stereocenters. The summed E-state index contributed by atoms with van der Waals surface area (Å²) in [5.74, 6) is 0.694. The van der Waals surface area contributed by atoms with E-state index in [2.05, 4.69) is 5.16 Å². The van der Waals surface area contributed by atoms with Crippen LogP contribution in [0, 0.1) is 0 Å². The van der Waals surface area contributed by atoms with E-state index in [0.717, 1.165) is 28.1 Å². The molecular weight excluding hydrogens is 383 g/mol. The maximum atomic E-state index is 12.5. The zero-order valence-corrected chi connectivity index (χ0v) is 15.9. The maximum absolute atomic E-state index is 12.5. The molecule has 27 heavy (non-hydrogen) atoms. The summed E-state index contributed by atoms with van der Waals surface area (Å²) in [7, 11) is 0. The van der Waals surface area contributed by atoms with Crippen LogP contribution in [0.15, 0.2) is 59.1 Å². The molecule has 0 bridgehead atoms. The summed E-state index contributed by atoms with van der Waals surface area (Å²) in [5, 5.41) is 5.49. The lowest BCUT2D eigenvalue weighted by molar-refractivity contribution is -0.126. The van der Waals surface area contributed by atoms with E-state index in [1.807, 2.05) is 42.5 Å². The molecule has 0 atom stereocenters. The van der Waals surface area contributed by atoms with E-state index in [1.54, 1.807) is 23.1 Å². The van der Waals surface area contributed by atoms with E-state index in [1.165, 1.54) is 0 Å². The second kappa shape index (κ2) is 7.59. The summed E-state index contributed by atoms with van der Waals surface area (Å²) < 4.78 is 5.55. The Labute approximate surface area is 167 Å². The minimum Gasteiger partial charge on any atom is -0.356 e. The topological polar surface area (TPSA) is 46.3 Å². The van der Waals surface area contributed by atoms with Crippen molar-refractivity contribution in [1.29, 1.82) is 0 Å². The third-order valence-electron chi connectivity index (χ3n) is 4.53. The Morgan fingerprint density at radius 2 is 1.93 bits per heavy atom. The summed E-state index contributed by atoms with van der Waals surface area (Å²) >= 11 is 11.9. The lowest BCUT2D eigenvalue weighted by Gasteiger charge is -2.24. The third-order valence-corrected chi connectivity index (χ3v) is 5.01. The Bertz CT molecular complexity index is 1010. The molecule has 6 heteroatoms. The fraction of sp³-hybridized carbons (Fsp3) is 0.143. The molecular formula is C21H16Cl2N2O2. The number of carbonyl (C=O) groups is 1. The molecule has 4 rings (SSSR count). The van der Waals surface area contributed by atoms with E-state index in [4.69, 9.17) is 27.7 Å². The minimum absolute atomic E-state index is 0.0586. The van der Waals surface area contributed by atoms with E-state index in [0.29, 0.717) is 29.6 Å². The second-order valence-electron chi connectivity index (χ2n) is 6.34. The van der Waals surface area contributed by atoms with Gasteiger partial charge in [0.25, 0.3) is 0 Å². The number of nitrogens with zero attached hydrogens (tertiary/aromatic N) is 2. The van der Waals surface area contributed by atoms with Crippen LogP contribution in [-0.2, 0) is 17.8 Å². The Kier molecular flexibility index (Phi) is 5.01. The van der Waals surface area contributed by atoms with Gasteiger partial charge in [-0.2, -0.15) is 0 Å². The van der Waals surface area contributed by atoms with Crippen LogP contribution in [0.5, 0.6) is 0 Å². The molecule has 3 aromatic rings. The number of rotatable bonds is 3. The van der Waals surface area contributed by atoms with Crippen LogP contribution in [0.2, 0.25) is 10.0 Å². The van der Waals surface area contributed by atoms with Crippen LogP contribution in [0.4, 0.5) is 0 Å². The number of carbonyl (C=O) groups excluding carboxylic acids is 1. The second-order valence-corrected chi connectivity index (χ2v) is 7.21. The summed E-state index contributed by atoms with van der Waals surface area (Å²) in [5.41, 5.74) is 3.68. The molecule has 0 saturated carbocycles. The molecule has 0 aliphatic carbocycles. The summed E-state index contributed by atoms with van der Waals surface area (Å²) in [6.07, 6.45) is 4.04. The number of hydrogen-bond acceptors (Lipinski definition) is 3. The average Bonchev–Trinajstić information content (AvgIpc) is 3.10. The van der Waals surface area contributed by atoms with Crippen LogP contribution in [0.3, 0.4) is 0 Å². The highest BCUT2D eigenvalue weighted by atomic mass is 35.5. The summed E-state index contributed by atoms with van der Waals surface area (Å²) in [4.78, 5) is 14.3. The van der Waals surface area contributed by atoms with Gasteiger partial charge >= 0.3 is 0 Å². The van der Waals surface area contributed by atoms with Gasteiger partial charge in [0, 0.05) is 33.8 Å². The predicted molar refractivity (Wildman–Crippen MR) is 107 cm³/mol. The van der Waals surface area contributed by atoms with Gasteiger partial charge in [-0.25, -0.2) is 0 Å². The Hall–Kier alpha value is -2.56. The first-order valence-electron chi connectivity index (χ1n) is 8.56. The largest absolute Gasteiger partial charge is 0.356 e. The molecule has 2 aromatic carbocycles. The van der Waals surface area contributed by atoms with Crippen molar-refractivity contribution in [3.63, 3.8) is 0 Å². The van der Waals surface area contributed by atoms with Crippen molar-refractivity contribution in [2.24, 2.45) is 0 Å². The van der Waals surface area contributed by atoms with Crippen molar-refractivity contribution in [3.05, 3.63) is 81.5 Å². The fourth-order valence-electron chi connectivity index (χ4n) is 3.13. The van der Waals surface area contributed by atoms with Crippen LogP contribution in [0.25, 0.3) is 17.4 Å². The van der Waals surface area contributed by atoms with Gasteiger partial charge in [-0.3, -0.25) is 4.79 Å². The molecule has 1 aliphatic heterocycles. The van der Waals surface area contributed by atoms with Crippen LogP contribution < -0.4 is 0 Å². The number of fused-ring (bicyclic) bond motifs is 1. The zero-order chi connectivity index (χ0) is 18.8. The average molecular weight is 399 g/mol. The maximum Gasteiger partial charge on any atom is 0.246 e. The van der Waals surface area contributed by atoms with Crippen molar-refractivity contribution < 1.29 is 9.32 Å². The van der Waals surface area contributed by atoms with Crippen LogP contribution in [-0.4, -0.2) is 22.5 Å². The van der Waals surface area contributed by atoms with Gasteiger partial charge in [0.2, 0.25) is 5.91 Å². The number of amides is 1. The standard InChI is InChI=1S/C21H16Cl2N2O2/c22-16-7-5-15(6-8-16)21-18-10-11-25(13-19(18)24-27-21)20(26)9-4-14-2-1-3-17(23)12-14/h1-9,12H,10-11,13H2/b9-4+. The lowest BCUT2D eigenvalue weighted by Crippen LogP contribution is -2.34. The minimum atomic E-state index is -0.0586. The molecule has 0 spiro atoms. The quantitative estimate of drug-likeness (QED) is 0.566. The van der Waals surface area contributed by atoms with Crippen molar-refractivity contribution in [3.8, 4) is 11.3 Å². The van der Waals surface area contributed by atoms with Gasteiger partial charge in [0.05, 0.1) is 6.54 Å². The van der Waals surface area contributed by atoms with E-state index >= 15 is 0 Å². The molecule has 1 aliphatic rings. The molecule has 4 nitrogen and oxygen atoms in total. The highest BCUT2D eigenvalue weighted by Gasteiger charge is 2.26. The van der Waals surface area contributed by atoms with E-state index < -0.39 is 0 Å². The third kappa shape index (κ3) is 3.92. The first kappa shape index (κ1) is 17.8. The normalized spacial score (nSPS) is 13.8. The summed E-state index contributed by atoms with van der Waals surface area (Å²) in [6.45, 7) is 1.05. The highest BCUT2D eigenvalue weighted by Crippen LogP contribution is 2.31. The van der Waals surface area contributed by atoms with Gasteiger partial charge in [-0.05, 0) is 54.5 Å². The molecule has 0 fully saturated rings. The Balaban J connectivity index is 1.49. The molecule has 136 valence electrons. The number of aromatic nitrogens is 1. The number of benzene rings is 2. The van der Waals surface area contributed by atoms with Gasteiger partial charge in [-0.15, -0.1) is 0 Å². The first-order valence-corrected chi connectivity index (χ1v) is 9.31. The smallest absolute Gasteiger partial charge is 0.246 e. The summed E-state index contributed by atoms with van der Waals surface area (Å²) in [6, 6.07) is 14.8. The Morgan fingerprint density at radius 3 is 2.70 bits per heavy atom. The first-order chi connectivity index (χ1) is 13.1. The zero-order valence-electron chi connectivity index (χ0n) is 14.4.